The SMILES string of the molecule is CC(C)(C)N(S(=O)(=O)O)S(=O)(=O)Cl. The van der Waals surface area contributed by atoms with Crippen LogP contribution in [0.3, 0.4) is 0 Å². The molecule has 0 aliphatic rings. The predicted molar refractivity (Wildman–Crippen MR) is 47.9 cm³/mol. The molecule has 0 aliphatic carbocycles. The van der Waals surface area contributed by atoms with Gasteiger partial charge in [0.15, 0.2) is 0 Å². The van der Waals surface area contributed by atoms with Gasteiger partial charge in [0.25, 0.3) is 0 Å². The lowest BCUT2D eigenvalue weighted by Gasteiger charge is -2.27. The summed E-state index contributed by atoms with van der Waals surface area (Å²) in [6.45, 7) is 3.84. The molecule has 0 spiro atoms. The molecule has 0 aliphatic heterocycles. The van der Waals surface area contributed by atoms with Crippen LogP contribution in [0.15, 0.2) is 0 Å². The Morgan fingerprint density at radius 3 is 1.46 bits per heavy atom. The van der Waals surface area contributed by atoms with Crippen LogP contribution in [0.2, 0.25) is 0 Å². The highest BCUT2D eigenvalue weighted by molar-refractivity contribution is 8.17. The molecule has 0 fully saturated rings. The Bertz CT molecular complexity index is 345. The molecule has 0 rings (SSSR count). The molecule has 0 heterocycles. The van der Waals surface area contributed by atoms with Crippen molar-refractivity contribution in [1.82, 2.24) is 3.71 Å². The van der Waals surface area contributed by atoms with Gasteiger partial charge in [-0.25, -0.2) is 0 Å². The Morgan fingerprint density at radius 2 is 1.46 bits per heavy atom. The van der Waals surface area contributed by atoms with Gasteiger partial charge in [-0.1, -0.05) is 3.71 Å². The van der Waals surface area contributed by atoms with Crippen molar-refractivity contribution in [3.8, 4) is 0 Å². The number of nitrogens with zero attached hydrogens (tertiary/aromatic N) is 1. The van der Waals surface area contributed by atoms with E-state index in [2.05, 4.69) is 0 Å². The summed E-state index contributed by atoms with van der Waals surface area (Å²) in [6.07, 6.45) is 0. The zero-order valence-corrected chi connectivity index (χ0v) is 9.61. The molecule has 0 saturated heterocycles. The molecule has 0 aromatic carbocycles. The van der Waals surface area contributed by atoms with Gasteiger partial charge < -0.3 is 0 Å². The fourth-order valence-corrected chi connectivity index (χ4v) is 4.29. The maximum atomic E-state index is 10.8. The summed E-state index contributed by atoms with van der Waals surface area (Å²) in [6, 6.07) is 0. The second-order valence-corrected chi connectivity index (χ2v) is 7.14. The first-order valence-corrected chi connectivity index (χ1v) is 6.76. The monoisotopic (exact) mass is 251 g/mol. The summed E-state index contributed by atoms with van der Waals surface area (Å²) < 4.78 is 51.3. The molecule has 0 atom stereocenters. The van der Waals surface area contributed by atoms with Crippen molar-refractivity contribution in [2.45, 2.75) is 26.3 Å². The second kappa shape index (κ2) is 3.35. The van der Waals surface area contributed by atoms with Crippen LogP contribution in [0, 0.1) is 0 Å². The predicted octanol–water partition coefficient (Wildman–Crippen LogP) is 0.373. The molecular formula is C4H10ClNO5S2. The van der Waals surface area contributed by atoms with E-state index < -0.39 is 25.1 Å². The largest absolute Gasteiger partial charge is 0.350 e. The van der Waals surface area contributed by atoms with E-state index in [9.17, 15) is 16.8 Å². The van der Waals surface area contributed by atoms with Crippen LogP contribution in [0.5, 0.6) is 0 Å². The van der Waals surface area contributed by atoms with Crippen molar-refractivity contribution in [3.05, 3.63) is 0 Å². The Kier molecular flexibility index (Phi) is 3.38. The van der Waals surface area contributed by atoms with Crippen LogP contribution in [-0.2, 0) is 19.5 Å². The third-order valence-corrected chi connectivity index (χ3v) is 4.68. The highest BCUT2D eigenvalue weighted by Gasteiger charge is 2.40. The lowest BCUT2D eigenvalue weighted by molar-refractivity contribution is 0.322. The summed E-state index contributed by atoms with van der Waals surface area (Å²) in [7, 11) is -4.55. The third-order valence-electron chi connectivity index (χ3n) is 0.955. The van der Waals surface area contributed by atoms with E-state index in [0.29, 0.717) is 0 Å². The van der Waals surface area contributed by atoms with Gasteiger partial charge in [-0.15, -0.1) is 0 Å². The molecule has 0 aromatic heterocycles. The van der Waals surface area contributed by atoms with E-state index in [-0.39, 0.29) is 3.71 Å². The molecule has 9 heteroatoms. The quantitative estimate of drug-likeness (QED) is 0.566. The van der Waals surface area contributed by atoms with Gasteiger partial charge in [-0.2, -0.15) is 16.8 Å². The van der Waals surface area contributed by atoms with Crippen molar-refractivity contribution >= 4 is 30.2 Å². The summed E-state index contributed by atoms with van der Waals surface area (Å²) in [5, 5.41) is 0. The molecule has 1 N–H and O–H groups in total. The van der Waals surface area contributed by atoms with E-state index in [1.165, 1.54) is 20.8 Å². The maximum Gasteiger partial charge on any atom is 0.350 e. The van der Waals surface area contributed by atoms with E-state index in [1.807, 2.05) is 0 Å². The molecule has 0 unspecified atom stereocenters. The smallest absolute Gasteiger partial charge is 0.273 e. The minimum absolute atomic E-state index is 0.172. The zero-order valence-electron chi connectivity index (χ0n) is 7.22. The summed E-state index contributed by atoms with van der Waals surface area (Å²) in [4.78, 5) is 0. The number of hydrogen-bond acceptors (Lipinski definition) is 4. The van der Waals surface area contributed by atoms with Gasteiger partial charge in [0.05, 0.1) is 0 Å². The van der Waals surface area contributed by atoms with Crippen LogP contribution >= 0.6 is 10.7 Å². The number of halogens is 1. The van der Waals surface area contributed by atoms with Crippen LogP contribution in [0.4, 0.5) is 0 Å². The normalized spacial score (nSPS) is 14.9. The van der Waals surface area contributed by atoms with Crippen molar-refractivity contribution in [2.24, 2.45) is 0 Å². The first-order valence-electron chi connectivity index (χ1n) is 3.09. The molecule has 0 saturated carbocycles. The van der Waals surface area contributed by atoms with Gasteiger partial charge in [0, 0.05) is 16.2 Å². The number of rotatable bonds is 2. The molecule has 0 radical (unpaired) electrons. The van der Waals surface area contributed by atoms with E-state index in [1.54, 1.807) is 0 Å². The van der Waals surface area contributed by atoms with Crippen LogP contribution in [0.25, 0.3) is 0 Å². The molecule has 0 aromatic rings. The van der Waals surface area contributed by atoms with Crippen LogP contribution in [-0.4, -0.2) is 30.6 Å². The van der Waals surface area contributed by atoms with Crippen LogP contribution in [0.1, 0.15) is 20.8 Å². The van der Waals surface area contributed by atoms with Gasteiger partial charge >= 0.3 is 19.5 Å². The second-order valence-electron chi connectivity index (χ2n) is 3.29. The van der Waals surface area contributed by atoms with E-state index in [4.69, 9.17) is 15.2 Å². The first-order chi connectivity index (χ1) is 5.37. The van der Waals surface area contributed by atoms with Crippen molar-refractivity contribution in [2.75, 3.05) is 0 Å². The van der Waals surface area contributed by atoms with Crippen molar-refractivity contribution < 1.29 is 21.4 Å². The van der Waals surface area contributed by atoms with Gasteiger partial charge in [0.1, 0.15) is 0 Å². The topological polar surface area (TPSA) is 91.8 Å². The summed E-state index contributed by atoms with van der Waals surface area (Å²) in [5.41, 5.74) is -1.34. The Hall–Kier alpha value is 0.110. The summed E-state index contributed by atoms with van der Waals surface area (Å²) >= 11 is 0. The average molecular weight is 252 g/mol. The van der Waals surface area contributed by atoms with Gasteiger partial charge in [-0.3, -0.25) is 4.55 Å². The van der Waals surface area contributed by atoms with Gasteiger partial charge in [0.2, 0.25) is 0 Å². The fraction of sp³-hybridized carbons (Fsp3) is 1.00. The van der Waals surface area contributed by atoms with Crippen molar-refractivity contribution in [1.29, 1.82) is 0 Å². The van der Waals surface area contributed by atoms with Crippen molar-refractivity contribution in [3.63, 3.8) is 0 Å². The maximum absolute atomic E-state index is 10.8. The molecule has 0 bridgehead atoms. The highest BCUT2D eigenvalue weighted by Crippen LogP contribution is 2.23. The molecule has 80 valence electrons. The Morgan fingerprint density at radius 1 is 1.15 bits per heavy atom. The minimum Gasteiger partial charge on any atom is -0.273 e. The van der Waals surface area contributed by atoms with E-state index >= 15 is 0 Å². The highest BCUT2D eigenvalue weighted by atomic mass is 35.7. The molecule has 6 nitrogen and oxygen atoms in total. The van der Waals surface area contributed by atoms with E-state index in [0.717, 1.165) is 0 Å². The fourth-order valence-electron chi connectivity index (χ4n) is 0.786. The Labute approximate surface area is 81.9 Å². The van der Waals surface area contributed by atoms with Gasteiger partial charge in [-0.05, 0) is 20.8 Å². The lowest BCUT2D eigenvalue weighted by Crippen LogP contribution is -2.46. The minimum atomic E-state index is -4.87. The Balaban J connectivity index is 5.56. The standard InChI is InChI=1S/C4H10ClNO5S2/c1-4(2,3)6(12(5,7)8)13(9,10)11/h1-3H3,(H,9,10,11). The lowest BCUT2D eigenvalue weighted by atomic mass is 10.1. The third kappa shape index (κ3) is 3.77. The number of hydrogen-bond donors (Lipinski definition) is 1. The first kappa shape index (κ1) is 13.1. The van der Waals surface area contributed by atoms with Crippen LogP contribution < -0.4 is 0 Å². The molecular weight excluding hydrogens is 242 g/mol. The zero-order chi connectivity index (χ0) is 11.1. The molecule has 13 heavy (non-hydrogen) atoms. The average Bonchev–Trinajstić information content (AvgIpc) is 1.44. The summed E-state index contributed by atoms with van der Waals surface area (Å²) in [5.74, 6) is 0. The molecule has 0 amide bonds.